The van der Waals surface area contributed by atoms with Gasteiger partial charge in [0, 0.05) is 11.0 Å². The van der Waals surface area contributed by atoms with Crippen molar-refractivity contribution in [2.75, 3.05) is 6.54 Å². The molecular formula is C23H27NO5S. The van der Waals surface area contributed by atoms with Gasteiger partial charge in [-0.2, -0.15) is 0 Å². The van der Waals surface area contributed by atoms with E-state index in [1.54, 1.807) is 36.4 Å². The van der Waals surface area contributed by atoms with Gasteiger partial charge in [-0.3, -0.25) is 9.59 Å². The van der Waals surface area contributed by atoms with Crippen LogP contribution in [0.1, 0.15) is 49.2 Å². The second kappa shape index (κ2) is 9.82. The minimum Gasteiger partial charge on any atom is -0.453 e. The minimum absolute atomic E-state index is 0.0359. The van der Waals surface area contributed by atoms with Crippen molar-refractivity contribution >= 4 is 27.9 Å². The lowest BCUT2D eigenvalue weighted by Crippen LogP contribution is -2.33. The summed E-state index contributed by atoms with van der Waals surface area (Å²) in [6.07, 6.45) is 0.392. The van der Waals surface area contributed by atoms with Gasteiger partial charge in [-0.05, 0) is 29.5 Å². The predicted molar refractivity (Wildman–Crippen MR) is 117 cm³/mol. The van der Waals surface area contributed by atoms with E-state index in [0.717, 1.165) is 11.0 Å². The first-order valence-electron chi connectivity index (χ1n) is 9.55. The highest BCUT2D eigenvalue weighted by Gasteiger charge is 2.21. The maximum atomic E-state index is 12.5. The summed E-state index contributed by atoms with van der Waals surface area (Å²) in [5.74, 6) is -1.19. The highest BCUT2D eigenvalue weighted by Crippen LogP contribution is 2.22. The molecule has 0 saturated carbocycles. The topological polar surface area (TPSA) is 89.5 Å². The molecule has 0 aromatic heterocycles. The summed E-state index contributed by atoms with van der Waals surface area (Å²) in [7, 11) is -3.82. The number of benzene rings is 2. The van der Waals surface area contributed by atoms with Crippen LogP contribution in [-0.4, -0.2) is 32.8 Å². The van der Waals surface area contributed by atoms with Crippen molar-refractivity contribution < 1.29 is 22.7 Å². The van der Waals surface area contributed by atoms with Crippen molar-refractivity contribution in [1.29, 1.82) is 0 Å². The number of esters is 1. The Balaban J connectivity index is 1.89. The third-order valence-electron chi connectivity index (χ3n) is 4.37. The van der Waals surface area contributed by atoms with E-state index in [9.17, 15) is 18.0 Å². The van der Waals surface area contributed by atoms with E-state index < -0.39 is 28.6 Å². The van der Waals surface area contributed by atoms with Crippen LogP contribution < -0.4 is 4.72 Å². The molecule has 2 rings (SSSR count). The summed E-state index contributed by atoms with van der Waals surface area (Å²) >= 11 is 0. The van der Waals surface area contributed by atoms with E-state index in [1.165, 1.54) is 13.0 Å². The zero-order valence-electron chi connectivity index (χ0n) is 17.6. The summed E-state index contributed by atoms with van der Waals surface area (Å²) in [4.78, 5) is 24.4. The fourth-order valence-corrected chi connectivity index (χ4v) is 3.35. The number of hydrogen-bond acceptors (Lipinski definition) is 5. The number of carbonyl (C=O) groups is 2. The average molecular weight is 430 g/mol. The van der Waals surface area contributed by atoms with Crippen LogP contribution >= 0.6 is 0 Å². The van der Waals surface area contributed by atoms with Crippen LogP contribution in [0.25, 0.3) is 6.08 Å². The van der Waals surface area contributed by atoms with Crippen LogP contribution in [0, 0.1) is 0 Å². The van der Waals surface area contributed by atoms with Gasteiger partial charge in [0.1, 0.15) is 6.54 Å². The number of Topliss-reactive ketones (excluding diaryl/α,β-unsaturated/α-hetero) is 1. The van der Waals surface area contributed by atoms with Crippen molar-refractivity contribution in [3.8, 4) is 0 Å². The average Bonchev–Trinajstić information content (AvgIpc) is 2.70. The maximum Gasteiger partial charge on any atom is 0.321 e. The van der Waals surface area contributed by atoms with E-state index in [-0.39, 0.29) is 11.2 Å². The molecule has 0 fully saturated rings. The monoisotopic (exact) mass is 429 g/mol. The summed E-state index contributed by atoms with van der Waals surface area (Å²) in [6.45, 7) is 7.11. The first-order chi connectivity index (χ1) is 14.0. The second-order valence-electron chi connectivity index (χ2n) is 7.90. The molecule has 2 aromatic carbocycles. The summed E-state index contributed by atoms with van der Waals surface area (Å²) in [5, 5.41) is 0.973. The summed E-state index contributed by atoms with van der Waals surface area (Å²) < 4.78 is 31.2. The predicted octanol–water partition coefficient (Wildman–Crippen LogP) is 3.69. The molecule has 0 heterocycles. The van der Waals surface area contributed by atoms with E-state index in [2.05, 4.69) is 25.5 Å². The highest BCUT2D eigenvalue weighted by atomic mass is 32.2. The van der Waals surface area contributed by atoms with Gasteiger partial charge in [0.2, 0.25) is 15.8 Å². The molecule has 0 saturated heterocycles. The van der Waals surface area contributed by atoms with Gasteiger partial charge in [0.15, 0.2) is 6.10 Å². The fraction of sp³-hybridized carbons (Fsp3) is 0.304. The smallest absolute Gasteiger partial charge is 0.321 e. The maximum absolute atomic E-state index is 12.5. The molecule has 1 N–H and O–H groups in total. The van der Waals surface area contributed by atoms with Gasteiger partial charge >= 0.3 is 5.97 Å². The van der Waals surface area contributed by atoms with Gasteiger partial charge in [-0.15, -0.1) is 0 Å². The summed E-state index contributed by atoms with van der Waals surface area (Å²) in [5.41, 5.74) is 2.18. The Morgan fingerprint density at radius 3 is 2.20 bits per heavy atom. The molecule has 0 aliphatic carbocycles. The first-order valence-corrected chi connectivity index (χ1v) is 11.1. The molecule has 0 spiro atoms. The van der Waals surface area contributed by atoms with E-state index in [0.29, 0.717) is 11.1 Å². The van der Waals surface area contributed by atoms with Crippen molar-refractivity contribution in [3.05, 3.63) is 76.7 Å². The van der Waals surface area contributed by atoms with Crippen molar-refractivity contribution in [1.82, 2.24) is 4.72 Å². The van der Waals surface area contributed by atoms with Crippen molar-refractivity contribution in [3.63, 3.8) is 0 Å². The Kier molecular flexibility index (Phi) is 7.70. The van der Waals surface area contributed by atoms with Gasteiger partial charge in [0.05, 0.1) is 0 Å². The molecule has 30 heavy (non-hydrogen) atoms. The van der Waals surface area contributed by atoms with Crippen LogP contribution in [-0.2, 0) is 25.0 Å². The molecule has 0 radical (unpaired) electrons. The fourth-order valence-electron chi connectivity index (χ4n) is 2.60. The largest absolute Gasteiger partial charge is 0.453 e. The number of ketones is 1. The Hall–Kier alpha value is -2.77. The molecule has 0 unspecified atom stereocenters. The SMILES string of the molecule is C[C@H](OC(=O)CNS(=O)(=O)/C=C/c1ccccc1)C(=O)c1ccc(C(C)(C)C)cc1. The number of rotatable bonds is 8. The van der Waals surface area contributed by atoms with Crippen molar-refractivity contribution in [2.45, 2.75) is 39.2 Å². The van der Waals surface area contributed by atoms with Gasteiger partial charge in [0.25, 0.3) is 0 Å². The Morgan fingerprint density at radius 2 is 1.63 bits per heavy atom. The number of hydrogen-bond donors (Lipinski definition) is 1. The summed E-state index contributed by atoms with van der Waals surface area (Å²) in [6, 6.07) is 16.0. The lowest BCUT2D eigenvalue weighted by molar-refractivity contribution is -0.144. The zero-order chi connectivity index (χ0) is 22.4. The molecule has 6 nitrogen and oxygen atoms in total. The van der Waals surface area contributed by atoms with Crippen LogP contribution in [0.3, 0.4) is 0 Å². The molecule has 0 amide bonds. The highest BCUT2D eigenvalue weighted by molar-refractivity contribution is 7.92. The van der Waals surface area contributed by atoms with Crippen LogP contribution in [0.5, 0.6) is 0 Å². The number of sulfonamides is 1. The van der Waals surface area contributed by atoms with E-state index >= 15 is 0 Å². The third-order valence-corrected chi connectivity index (χ3v) is 5.41. The quantitative estimate of drug-likeness (QED) is 0.511. The van der Waals surface area contributed by atoms with E-state index in [1.807, 2.05) is 18.2 Å². The van der Waals surface area contributed by atoms with Crippen molar-refractivity contribution in [2.24, 2.45) is 0 Å². The lowest BCUT2D eigenvalue weighted by Gasteiger charge is -2.19. The number of ether oxygens (including phenoxy) is 1. The van der Waals surface area contributed by atoms with E-state index in [4.69, 9.17) is 4.74 Å². The second-order valence-corrected chi connectivity index (χ2v) is 9.55. The molecule has 2 aromatic rings. The normalized spacial score (nSPS) is 13.2. The zero-order valence-corrected chi connectivity index (χ0v) is 18.4. The molecule has 0 bridgehead atoms. The molecule has 7 heteroatoms. The first kappa shape index (κ1) is 23.5. The number of carbonyl (C=O) groups excluding carboxylic acids is 2. The number of nitrogens with one attached hydrogen (secondary N) is 1. The Labute approximate surface area is 178 Å². The lowest BCUT2D eigenvalue weighted by atomic mass is 9.86. The Bertz CT molecular complexity index is 1000. The van der Waals surface area contributed by atoms with Crippen LogP contribution in [0.4, 0.5) is 0 Å². The molecule has 0 aliphatic rings. The molecule has 160 valence electrons. The standard InChI is InChI=1S/C23H27NO5S/c1-17(22(26)19-10-12-20(13-11-19)23(2,3)4)29-21(25)16-24-30(27,28)15-14-18-8-6-5-7-9-18/h5-15,17,24H,16H2,1-4H3/b15-14+/t17-/m0/s1. The molecular weight excluding hydrogens is 402 g/mol. The third kappa shape index (κ3) is 7.24. The van der Waals surface area contributed by atoms with Gasteiger partial charge in [-0.25, -0.2) is 13.1 Å². The van der Waals surface area contributed by atoms with Gasteiger partial charge in [-0.1, -0.05) is 75.4 Å². The molecule has 1 atom stereocenters. The minimum atomic E-state index is -3.82. The van der Waals surface area contributed by atoms with Crippen LogP contribution in [0.15, 0.2) is 60.0 Å². The molecule has 0 aliphatic heterocycles. The van der Waals surface area contributed by atoms with Crippen LogP contribution in [0.2, 0.25) is 0 Å². The Morgan fingerprint density at radius 1 is 1.03 bits per heavy atom. The van der Waals surface area contributed by atoms with Gasteiger partial charge < -0.3 is 4.74 Å².